The van der Waals surface area contributed by atoms with Gasteiger partial charge in [0.25, 0.3) is 5.91 Å². The van der Waals surface area contributed by atoms with Crippen molar-refractivity contribution >= 4 is 62.1 Å². The van der Waals surface area contributed by atoms with Gasteiger partial charge in [0.2, 0.25) is 0 Å². The highest BCUT2D eigenvalue weighted by molar-refractivity contribution is 9.10. The van der Waals surface area contributed by atoms with Crippen LogP contribution in [0.1, 0.15) is 15.9 Å². The molecule has 34 heavy (non-hydrogen) atoms. The van der Waals surface area contributed by atoms with E-state index in [1.165, 1.54) is 6.07 Å². The molecule has 3 aromatic carbocycles. The molecule has 1 amide bonds. The number of nitrogens with one attached hydrogen (secondary N) is 2. The molecule has 9 heteroatoms. The van der Waals surface area contributed by atoms with Crippen molar-refractivity contribution in [1.29, 1.82) is 0 Å². The Morgan fingerprint density at radius 3 is 2.44 bits per heavy atom. The Morgan fingerprint density at radius 2 is 1.74 bits per heavy atom. The lowest BCUT2D eigenvalue weighted by Crippen LogP contribution is -2.46. The lowest BCUT2D eigenvalue weighted by Gasteiger charge is -2.36. The smallest absolute Gasteiger partial charge is 0.258 e. The summed E-state index contributed by atoms with van der Waals surface area (Å²) in [5.74, 6) is -0.532. The molecule has 1 aliphatic heterocycles. The van der Waals surface area contributed by atoms with Crippen LogP contribution in [0.5, 0.6) is 0 Å². The molecule has 5 nitrogen and oxygen atoms in total. The SMILES string of the molecule is O=C(NC(=S)Nc1ccc(N2CCN(Cc3ccccc3F)CC2)cc1)c1cc(Br)ccc1Cl. The lowest BCUT2D eigenvalue weighted by atomic mass is 10.1. The summed E-state index contributed by atoms with van der Waals surface area (Å²) in [7, 11) is 0. The van der Waals surface area contributed by atoms with Gasteiger partial charge in [0.1, 0.15) is 5.82 Å². The van der Waals surface area contributed by atoms with E-state index in [1.54, 1.807) is 24.3 Å². The molecule has 1 aliphatic rings. The fraction of sp³-hybridized carbons (Fsp3) is 0.200. The number of thiocarbonyl (C=S) groups is 1. The molecule has 2 N–H and O–H groups in total. The molecule has 0 radical (unpaired) electrons. The Hall–Kier alpha value is -2.52. The number of piperazine rings is 1. The molecule has 0 aliphatic carbocycles. The van der Waals surface area contributed by atoms with E-state index < -0.39 is 0 Å². The average molecular weight is 562 g/mol. The van der Waals surface area contributed by atoms with Crippen LogP contribution in [0, 0.1) is 5.82 Å². The van der Waals surface area contributed by atoms with Crippen molar-refractivity contribution in [2.24, 2.45) is 0 Å². The van der Waals surface area contributed by atoms with Crippen LogP contribution >= 0.6 is 39.7 Å². The molecule has 0 spiro atoms. The summed E-state index contributed by atoms with van der Waals surface area (Å²) in [5.41, 5.74) is 2.95. The fourth-order valence-corrected chi connectivity index (χ4v) is 4.57. The third kappa shape index (κ3) is 6.33. The summed E-state index contributed by atoms with van der Waals surface area (Å²) >= 11 is 14.7. The molecule has 0 aromatic heterocycles. The number of anilines is 2. The van der Waals surface area contributed by atoms with Crippen LogP contribution in [0.25, 0.3) is 0 Å². The van der Waals surface area contributed by atoms with Crippen molar-refractivity contribution in [3.63, 3.8) is 0 Å². The van der Waals surface area contributed by atoms with Gasteiger partial charge in [-0.25, -0.2) is 4.39 Å². The van der Waals surface area contributed by atoms with Gasteiger partial charge in [-0.2, -0.15) is 0 Å². The van der Waals surface area contributed by atoms with Crippen molar-refractivity contribution in [1.82, 2.24) is 10.2 Å². The van der Waals surface area contributed by atoms with Crippen molar-refractivity contribution in [2.75, 3.05) is 36.4 Å². The van der Waals surface area contributed by atoms with E-state index in [9.17, 15) is 9.18 Å². The van der Waals surface area contributed by atoms with Gasteiger partial charge in [0, 0.05) is 54.1 Å². The molecular weight excluding hydrogens is 539 g/mol. The molecule has 0 unspecified atom stereocenters. The maximum Gasteiger partial charge on any atom is 0.258 e. The predicted octanol–water partition coefficient (Wildman–Crippen LogP) is 5.69. The van der Waals surface area contributed by atoms with Crippen molar-refractivity contribution in [3.8, 4) is 0 Å². The minimum atomic E-state index is -0.381. The summed E-state index contributed by atoms with van der Waals surface area (Å²) < 4.78 is 14.7. The van der Waals surface area contributed by atoms with Gasteiger partial charge in [-0.05, 0) is 60.7 Å². The second-order valence-corrected chi connectivity index (χ2v) is 9.67. The number of rotatable bonds is 5. The van der Waals surface area contributed by atoms with Gasteiger partial charge >= 0.3 is 0 Å². The standard InChI is InChI=1S/C25H23BrClFN4OS/c26-18-5-10-22(27)21(15-18)24(33)30-25(34)29-19-6-8-20(9-7-19)32-13-11-31(12-14-32)16-17-3-1-2-4-23(17)28/h1-10,15H,11-14,16H2,(H2,29,30,33,34). The normalized spacial score (nSPS) is 14.0. The minimum absolute atomic E-state index is 0.151. The van der Waals surface area contributed by atoms with E-state index in [0.717, 1.165) is 47.6 Å². The molecule has 0 atom stereocenters. The monoisotopic (exact) mass is 560 g/mol. The molecule has 176 valence electrons. The summed E-state index contributed by atoms with van der Waals surface area (Å²) in [6, 6.07) is 19.9. The van der Waals surface area contributed by atoms with Crippen LogP contribution in [0.4, 0.5) is 15.8 Å². The third-order valence-electron chi connectivity index (χ3n) is 5.61. The van der Waals surface area contributed by atoms with Crippen LogP contribution in [0.3, 0.4) is 0 Å². The largest absolute Gasteiger partial charge is 0.369 e. The zero-order chi connectivity index (χ0) is 24.1. The van der Waals surface area contributed by atoms with E-state index >= 15 is 0 Å². The quantitative estimate of drug-likeness (QED) is 0.392. The first-order chi connectivity index (χ1) is 16.4. The van der Waals surface area contributed by atoms with Gasteiger partial charge in [-0.3, -0.25) is 15.0 Å². The van der Waals surface area contributed by atoms with Crippen molar-refractivity contribution in [2.45, 2.75) is 6.54 Å². The number of nitrogens with zero attached hydrogens (tertiary/aromatic N) is 2. The third-order valence-corrected chi connectivity index (χ3v) is 6.64. The van der Waals surface area contributed by atoms with E-state index in [2.05, 4.69) is 36.4 Å². The number of carbonyl (C=O) groups excluding carboxylic acids is 1. The highest BCUT2D eigenvalue weighted by atomic mass is 79.9. The molecule has 4 rings (SSSR count). The molecule has 0 bridgehead atoms. The summed E-state index contributed by atoms with van der Waals surface area (Å²) in [6.45, 7) is 4.08. The zero-order valence-electron chi connectivity index (χ0n) is 18.2. The number of benzene rings is 3. The van der Waals surface area contributed by atoms with Gasteiger partial charge in [0.05, 0.1) is 10.6 Å². The van der Waals surface area contributed by atoms with Gasteiger partial charge in [0.15, 0.2) is 5.11 Å². The predicted molar refractivity (Wildman–Crippen MR) is 143 cm³/mol. The van der Waals surface area contributed by atoms with Crippen molar-refractivity contribution < 1.29 is 9.18 Å². The van der Waals surface area contributed by atoms with Gasteiger partial charge in [-0.15, -0.1) is 0 Å². The van der Waals surface area contributed by atoms with Crippen molar-refractivity contribution in [3.05, 3.63) is 93.2 Å². The average Bonchev–Trinajstić information content (AvgIpc) is 2.83. The maximum absolute atomic E-state index is 13.9. The van der Waals surface area contributed by atoms with E-state index in [0.29, 0.717) is 17.1 Å². The second-order valence-electron chi connectivity index (χ2n) is 7.93. The Balaban J connectivity index is 1.28. The number of hydrogen-bond acceptors (Lipinski definition) is 4. The Kier molecular flexibility index (Phi) is 8.15. The van der Waals surface area contributed by atoms with Crippen LogP contribution in [0.15, 0.2) is 71.2 Å². The molecule has 3 aromatic rings. The first kappa shape index (κ1) is 24.6. The highest BCUT2D eigenvalue weighted by Crippen LogP contribution is 2.22. The minimum Gasteiger partial charge on any atom is -0.369 e. The fourth-order valence-electron chi connectivity index (χ4n) is 3.79. The van der Waals surface area contributed by atoms with E-state index in [-0.39, 0.29) is 16.8 Å². The topological polar surface area (TPSA) is 47.6 Å². The Morgan fingerprint density at radius 1 is 1.03 bits per heavy atom. The van der Waals surface area contributed by atoms with E-state index in [4.69, 9.17) is 23.8 Å². The summed E-state index contributed by atoms with van der Waals surface area (Å²) in [4.78, 5) is 17.0. The lowest BCUT2D eigenvalue weighted by molar-refractivity contribution is 0.0978. The molecule has 1 saturated heterocycles. The van der Waals surface area contributed by atoms with Gasteiger partial charge in [-0.1, -0.05) is 45.7 Å². The van der Waals surface area contributed by atoms with E-state index in [1.807, 2.05) is 36.4 Å². The molecule has 0 saturated carbocycles. The Labute approximate surface area is 217 Å². The number of amides is 1. The zero-order valence-corrected chi connectivity index (χ0v) is 21.4. The van der Waals surface area contributed by atoms with Crippen LogP contribution in [-0.4, -0.2) is 42.1 Å². The summed E-state index contributed by atoms with van der Waals surface area (Å²) in [6.07, 6.45) is 0. The van der Waals surface area contributed by atoms with Crippen LogP contribution in [0.2, 0.25) is 5.02 Å². The summed E-state index contributed by atoms with van der Waals surface area (Å²) in [5, 5.41) is 6.22. The highest BCUT2D eigenvalue weighted by Gasteiger charge is 2.18. The Bertz CT molecular complexity index is 1190. The second kappa shape index (κ2) is 11.3. The number of halogens is 3. The first-order valence-corrected chi connectivity index (χ1v) is 12.3. The molecule has 1 heterocycles. The van der Waals surface area contributed by atoms with Crippen LogP contribution < -0.4 is 15.5 Å². The molecule has 1 fully saturated rings. The van der Waals surface area contributed by atoms with Gasteiger partial charge < -0.3 is 10.2 Å². The number of hydrogen-bond donors (Lipinski definition) is 2. The number of carbonyl (C=O) groups is 1. The maximum atomic E-state index is 13.9. The molecular formula is C25H23BrClFN4OS. The first-order valence-electron chi connectivity index (χ1n) is 10.8. The van der Waals surface area contributed by atoms with Crippen LogP contribution in [-0.2, 0) is 6.54 Å².